The van der Waals surface area contributed by atoms with Crippen LogP contribution < -0.4 is 11.3 Å². The summed E-state index contributed by atoms with van der Waals surface area (Å²) < 4.78 is 10.8. The minimum Gasteiger partial charge on any atom is -0.379 e. The van der Waals surface area contributed by atoms with Crippen LogP contribution in [0.1, 0.15) is 39.5 Å². The van der Waals surface area contributed by atoms with Gasteiger partial charge in [0.1, 0.15) is 0 Å². The Morgan fingerprint density at radius 2 is 2.12 bits per heavy atom. The van der Waals surface area contributed by atoms with Gasteiger partial charge in [0.25, 0.3) is 0 Å². The quantitative estimate of drug-likeness (QED) is 0.255. The molecule has 0 radical (unpaired) electrons. The van der Waals surface area contributed by atoms with E-state index in [-0.39, 0.29) is 12.0 Å². The number of nitrogens with two attached hydrogens (primary N) is 1. The zero-order valence-electron chi connectivity index (χ0n) is 10.3. The van der Waals surface area contributed by atoms with Gasteiger partial charge < -0.3 is 9.47 Å². The first-order chi connectivity index (χ1) is 7.70. The first-order valence-corrected chi connectivity index (χ1v) is 5.89. The van der Waals surface area contributed by atoms with Crippen molar-refractivity contribution in [1.82, 2.24) is 5.43 Å². The fourth-order valence-electron chi connectivity index (χ4n) is 1.15. The Balaban J connectivity index is 3.23. The average Bonchev–Trinajstić information content (AvgIpc) is 2.30. The lowest BCUT2D eigenvalue weighted by Crippen LogP contribution is -2.30. The first kappa shape index (κ1) is 15.3. The largest absolute Gasteiger partial charge is 0.379 e. The molecule has 3 N–H and O–H groups in total. The molecule has 0 rings (SSSR count). The molecule has 16 heavy (non-hydrogen) atoms. The molecule has 1 amide bonds. The molecule has 1 unspecified atom stereocenters. The second-order valence-corrected chi connectivity index (χ2v) is 3.75. The highest BCUT2D eigenvalue weighted by atomic mass is 16.5. The average molecular weight is 232 g/mol. The second-order valence-electron chi connectivity index (χ2n) is 3.75. The van der Waals surface area contributed by atoms with Crippen LogP contribution in [0.5, 0.6) is 0 Å². The van der Waals surface area contributed by atoms with E-state index in [9.17, 15) is 4.79 Å². The molecule has 0 aromatic heterocycles. The lowest BCUT2D eigenvalue weighted by Gasteiger charge is -2.12. The molecule has 96 valence electrons. The smallest absolute Gasteiger partial charge is 0.233 e. The van der Waals surface area contributed by atoms with Crippen LogP contribution in [-0.2, 0) is 14.3 Å². The number of unbranched alkanes of at least 4 members (excludes halogenated alkanes) is 1. The van der Waals surface area contributed by atoms with Crippen molar-refractivity contribution < 1.29 is 14.3 Å². The fraction of sp³-hybridized carbons (Fsp3) is 0.909. The third-order valence-corrected chi connectivity index (χ3v) is 2.21. The summed E-state index contributed by atoms with van der Waals surface area (Å²) in [6.45, 7) is 6.06. The van der Waals surface area contributed by atoms with Crippen LogP contribution in [0.15, 0.2) is 0 Å². The van der Waals surface area contributed by atoms with E-state index in [2.05, 4.69) is 12.3 Å². The number of hydrogen-bond donors (Lipinski definition) is 2. The van der Waals surface area contributed by atoms with Crippen molar-refractivity contribution in [2.75, 3.05) is 19.8 Å². The second kappa shape index (κ2) is 10.9. The molecule has 0 fully saturated rings. The number of rotatable bonds is 10. The van der Waals surface area contributed by atoms with Crippen LogP contribution in [0.4, 0.5) is 0 Å². The van der Waals surface area contributed by atoms with E-state index in [1.54, 1.807) is 0 Å². The first-order valence-electron chi connectivity index (χ1n) is 5.89. The molecule has 0 aromatic rings. The number of carbonyl (C=O) groups excluding carboxylic acids is 1. The lowest BCUT2D eigenvalue weighted by molar-refractivity contribution is -0.121. The highest BCUT2D eigenvalue weighted by Gasteiger charge is 2.05. The Morgan fingerprint density at radius 1 is 1.38 bits per heavy atom. The Labute approximate surface area is 97.6 Å². The van der Waals surface area contributed by atoms with Gasteiger partial charge in [-0.1, -0.05) is 13.3 Å². The van der Waals surface area contributed by atoms with Gasteiger partial charge in [0, 0.05) is 13.0 Å². The molecular weight excluding hydrogens is 208 g/mol. The maximum atomic E-state index is 10.8. The molecule has 0 aromatic carbocycles. The maximum absolute atomic E-state index is 10.8. The van der Waals surface area contributed by atoms with Gasteiger partial charge in [-0.2, -0.15) is 0 Å². The molecule has 0 aliphatic rings. The van der Waals surface area contributed by atoms with Gasteiger partial charge in [0.2, 0.25) is 5.91 Å². The Bertz CT molecular complexity index is 177. The zero-order valence-corrected chi connectivity index (χ0v) is 10.3. The molecule has 0 aliphatic heterocycles. The molecule has 0 heterocycles. The zero-order chi connectivity index (χ0) is 12.2. The minimum absolute atomic E-state index is 0.0621. The van der Waals surface area contributed by atoms with Crippen LogP contribution in [0.2, 0.25) is 0 Å². The van der Waals surface area contributed by atoms with E-state index in [4.69, 9.17) is 15.3 Å². The predicted octanol–water partition coefficient (Wildman–Crippen LogP) is 0.978. The SMILES string of the molecule is CCCCOCCOC(C)CCC(=O)NN. The summed E-state index contributed by atoms with van der Waals surface area (Å²) in [5.41, 5.74) is 2.09. The lowest BCUT2D eigenvalue weighted by atomic mass is 10.2. The number of amides is 1. The van der Waals surface area contributed by atoms with Crippen molar-refractivity contribution >= 4 is 5.91 Å². The van der Waals surface area contributed by atoms with E-state index in [0.29, 0.717) is 26.1 Å². The number of hydrazine groups is 1. The third-order valence-electron chi connectivity index (χ3n) is 2.21. The van der Waals surface area contributed by atoms with E-state index in [1.165, 1.54) is 0 Å². The summed E-state index contributed by atoms with van der Waals surface area (Å²) in [6.07, 6.45) is 3.37. The molecule has 0 saturated heterocycles. The molecule has 0 bridgehead atoms. The minimum atomic E-state index is -0.158. The maximum Gasteiger partial charge on any atom is 0.233 e. The van der Waals surface area contributed by atoms with Crippen molar-refractivity contribution in [2.45, 2.75) is 45.6 Å². The number of carbonyl (C=O) groups is 1. The van der Waals surface area contributed by atoms with Gasteiger partial charge in [0.05, 0.1) is 19.3 Å². The molecular formula is C11H24N2O3. The molecule has 0 aliphatic carbocycles. The van der Waals surface area contributed by atoms with Crippen LogP contribution >= 0.6 is 0 Å². The van der Waals surface area contributed by atoms with Crippen LogP contribution in [0, 0.1) is 0 Å². The van der Waals surface area contributed by atoms with E-state index >= 15 is 0 Å². The van der Waals surface area contributed by atoms with Gasteiger partial charge >= 0.3 is 0 Å². The predicted molar refractivity (Wildman–Crippen MR) is 62.7 cm³/mol. The number of hydrogen-bond acceptors (Lipinski definition) is 4. The number of nitrogens with one attached hydrogen (secondary N) is 1. The van der Waals surface area contributed by atoms with Crippen molar-refractivity contribution in [2.24, 2.45) is 5.84 Å². The van der Waals surface area contributed by atoms with Crippen LogP contribution in [-0.4, -0.2) is 31.8 Å². The molecule has 5 heteroatoms. The van der Waals surface area contributed by atoms with Crippen molar-refractivity contribution in [3.8, 4) is 0 Å². The van der Waals surface area contributed by atoms with Crippen LogP contribution in [0.3, 0.4) is 0 Å². The molecule has 0 spiro atoms. The summed E-state index contributed by atoms with van der Waals surface area (Å²) in [5.74, 6) is 4.81. The van der Waals surface area contributed by atoms with Crippen molar-refractivity contribution in [3.63, 3.8) is 0 Å². The normalized spacial score (nSPS) is 12.4. The van der Waals surface area contributed by atoms with Crippen LogP contribution in [0.25, 0.3) is 0 Å². The van der Waals surface area contributed by atoms with E-state index in [1.807, 2.05) is 6.92 Å². The van der Waals surface area contributed by atoms with E-state index in [0.717, 1.165) is 19.4 Å². The summed E-state index contributed by atoms with van der Waals surface area (Å²) in [5, 5.41) is 0. The summed E-state index contributed by atoms with van der Waals surface area (Å²) >= 11 is 0. The Morgan fingerprint density at radius 3 is 2.75 bits per heavy atom. The fourth-order valence-corrected chi connectivity index (χ4v) is 1.15. The molecule has 1 atom stereocenters. The van der Waals surface area contributed by atoms with Crippen molar-refractivity contribution in [1.29, 1.82) is 0 Å². The van der Waals surface area contributed by atoms with Gasteiger partial charge in [0.15, 0.2) is 0 Å². The van der Waals surface area contributed by atoms with Gasteiger partial charge in [-0.05, 0) is 19.8 Å². The van der Waals surface area contributed by atoms with Gasteiger partial charge in [-0.3, -0.25) is 10.2 Å². The highest BCUT2D eigenvalue weighted by molar-refractivity contribution is 5.75. The number of ether oxygens (including phenoxy) is 2. The topological polar surface area (TPSA) is 73.6 Å². The standard InChI is InChI=1S/C11H24N2O3/c1-3-4-7-15-8-9-16-10(2)5-6-11(14)13-12/h10H,3-9,12H2,1-2H3,(H,13,14). The summed E-state index contributed by atoms with van der Waals surface area (Å²) in [7, 11) is 0. The van der Waals surface area contributed by atoms with Gasteiger partial charge in [-0.25, -0.2) is 5.84 Å². The summed E-state index contributed by atoms with van der Waals surface area (Å²) in [6, 6.07) is 0. The summed E-state index contributed by atoms with van der Waals surface area (Å²) in [4.78, 5) is 10.8. The van der Waals surface area contributed by atoms with E-state index < -0.39 is 0 Å². The highest BCUT2D eigenvalue weighted by Crippen LogP contribution is 2.01. The monoisotopic (exact) mass is 232 g/mol. The Kier molecular flexibility index (Phi) is 10.4. The third kappa shape index (κ3) is 9.89. The molecule has 5 nitrogen and oxygen atoms in total. The van der Waals surface area contributed by atoms with Gasteiger partial charge in [-0.15, -0.1) is 0 Å². The van der Waals surface area contributed by atoms with Crippen molar-refractivity contribution in [3.05, 3.63) is 0 Å². The Hall–Kier alpha value is -0.650. The molecule has 0 saturated carbocycles.